The van der Waals surface area contributed by atoms with E-state index in [-0.39, 0.29) is 6.09 Å². The lowest BCUT2D eigenvalue weighted by Gasteiger charge is -2.38. The first-order chi connectivity index (χ1) is 18.1. The van der Waals surface area contributed by atoms with Crippen LogP contribution in [-0.4, -0.2) is 59.3 Å². The zero-order valence-corrected chi connectivity index (χ0v) is 23.5. The highest BCUT2D eigenvalue weighted by Crippen LogP contribution is 2.36. The lowest BCUT2D eigenvalue weighted by atomic mass is 10.0. The molecule has 9 heteroatoms. The molecule has 2 aromatic carbocycles. The van der Waals surface area contributed by atoms with Crippen LogP contribution in [0.2, 0.25) is 5.02 Å². The summed E-state index contributed by atoms with van der Waals surface area (Å²) in [4.78, 5) is 28.6. The van der Waals surface area contributed by atoms with Gasteiger partial charge in [0.2, 0.25) is 0 Å². The number of anilines is 2. The van der Waals surface area contributed by atoms with Crippen molar-refractivity contribution in [1.29, 1.82) is 5.26 Å². The number of fused-ring (bicyclic) bond motifs is 2. The average Bonchev–Trinajstić information content (AvgIpc) is 2.87. The molecule has 5 rings (SSSR count). The van der Waals surface area contributed by atoms with Gasteiger partial charge in [0.25, 0.3) is 0 Å². The standard InChI is InChI=1S/C27H32ClN5O2.C2H3N/c1-18-29-22-17-33(23-10-6-8-19-7-5-9-21(28)24(19)23)12-11-20(22)25(30-18)31-13-15-32(16-14-31)26(34)35-27(2,3)4;1-2-3/h5-10H,11-17H2,1-4H3;1H3. The monoisotopic (exact) mass is 534 g/mol. The van der Waals surface area contributed by atoms with Gasteiger partial charge < -0.3 is 19.4 Å². The highest BCUT2D eigenvalue weighted by Gasteiger charge is 2.30. The van der Waals surface area contributed by atoms with E-state index in [9.17, 15) is 4.79 Å². The number of rotatable bonds is 2. The van der Waals surface area contributed by atoms with E-state index < -0.39 is 5.60 Å². The van der Waals surface area contributed by atoms with E-state index in [2.05, 4.69) is 34.1 Å². The third-order valence-corrected chi connectivity index (χ3v) is 6.87. The molecule has 0 unspecified atom stereocenters. The molecule has 1 aromatic heterocycles. The second-order valence-electron chi connectivity index (χ2n) is 10.5. The number of hydrogen-bond acceptors (Lipinski definition) is 7. The molecule has 3 aromatic rings. The SMILES string of the molecule is CC#N.Cc1nc2c(c(N3CCN(C(=O)OC(C)(C)C)CC3)n1)CCN(c1cccc3cccc(Cl)c13)C2. The summed E-state index contributed by atoms with van der Waals surface area (Å²) in [6.07, 6.45) is 0.611. The number of nitrogens with zero attached hydrogens (tertiary/aromatic N) is 6. The molecule has 0 spiro atoms. The Hall–Kier alpha value is -3.57. The molecule has 2 aliphatic rings. The molecule has 3 heterocycles. The van der Waals surface area contributed by atoms with E-state index in [4.69, 9.17) is 31.6 Å². The maximum atomic E-state index is 12.5. The smallest absolute Gasteiger partial charge is 0.410 e. The van der Waals surface area contributed by atoms with Gasteiger partial charge in [0.1, 0.15) is 17.2 Å². The van der Waals surface area contributed by atoms with Crippen LogP contribution in [0.15, 0.2) is 36.4 Å². The van der Waals surface area contributed by atoms with Crippen LogP contribution in [0.3, 0.4) is 0 Å². The third-order valence-electron chi connectivity index (χ3n) is 6.56. The molecule has 0 saturated carbocycles. The minimum Gasteiger partial charge on any atom is -0.444 e. The summed E-state index contributed by atoms with van der Waals surface area (Å²) in [6, 6.07) is 14.1. The number of piperazine rings is 1. The van der Waals surface area contributed by atoms with Crippen molar-refractivity contribution in [2.24, 2.45) is 0 Å². The van der Waals surface area contributed by atoms with E-state index in [1.54, 1.807) is 11.0 Å². The molecule has 1 amide bonds. The Morgan fingerprint density at radius 1 is 1.03 bits per heavy atom. The first-order valence-corrected chi connectivity index (χ1v) is 13.3. The van der Waals surface area contributed by atoms with Gasteiger partial charge in [-0.05, 0) is 51.6 Å². The third kappa shape index (κ3) is 6.11. The molecule has 0 aliphatic carbocycles. The number of aryl methyl sites for hydroxylation is 1. The van der Waals surface area contributed by atoms with Crippen LogP contribution < -0.4 is 9.80 Å². The van der Waals surface area contributed by atoms with Crippen molar-refractivity contribution in [3.05, 3.63) is 58.5 Å². The van der Waals surface area contributed by atoms with E-state index in [0.29, 0.717) is 19.6 Å². The average molecular weight is 535 g/mol. The van der Waals surface area contributed by atoms with Crippen molar-refractivity contribution < 1.29 is 9.53 Å². The Kier molecular flexibility index (Phi) is 8.27. The lowest BCUT2D eigenvalue weighted by Crippen LogP contribution is -2.50. The highest BCUT2D eigenvalue weighted by molar-refractivity contribution is 6.36. The topological polar surface area (TPSA) is 85.6 Å². The van der Waals surface area contributed by atoms with Crippen molar-refractivity contribution in [2.45, 2.75) is 53.2 Å². The molecule has 8 nitrogen and oxygen atoms in total. The minimum atomic E-state index is -0.489. The summed E-state index contributed by atoms with van der Waals surface area (Å²) >= 11 is 6.61. The Labute approximate surface area is 229 Å². The molecular formula is C29H35ClN6O2. The Morgan fingerprint density at radius 3 is 2.34 bits per heavy atom. The predicted molar refractivity (Wildman–Crippen MR) is 152 cm³/mol. The largest absolute Gasteiger partial charge is 0.444 e. The van der Waals surface area contributed by atoms with Crippen molar-refractivity contribution in [1.82, 2.24) is 14.9 Å². The number of halogens is 1. The number of carbonyl (C=O) groups excluding carboxylic acids is 1. The fourth-order valence-electron chi connectivity index (χ4n) is 4.97. The number of ether oxygens (including phenoxy) is 1. The summed E-state index contributed by atoms with van der Waals surface area (Å²) in [5.74, 6) is 1.78. The molecular weight excluding hydrogens is 500 g/mol. The van der Waals surface area contributed by atoms with E-state index in [1.807, 2.05) is 39.8 Å². The number of carbonyl (C=O) groups is 1. The fourth-order valence-corrected chi connectivity index (χ4v) is 5.24. The van der Waals surface area contributed by atoms with Gasteiger partial charge in [-0.2, -0.15) is 5.26 Å². The van der Waals surface area contributed by atoms with Crippen LogP contribution in [0.5, 0.6) is 0 Å². The van der Waals surface area contributed by atoms with Gasteiger partial charge in [0.15, 0.2) is 0 Å². The number of hydrogen-bond donors (Lipinski definition) is 0. The predicted octanol–water partition coefficient (Wildman–Crippen LogP) is 5.74. The van der Waals surface area contributed by atoms with Crippen molar-refractivity contribution in [3.8, 4) is 6.07 Å². The first kappa shape index (κ1) is 27.5. The number of benzene rings is 2. The molecule has 0 radical (unpaired) electrons. The van der Waals surface area contributed by atoms with Gasteiger partial charge >= 0.3 is 6.09 Å². The normalized spacial score (nSPS) is 15.3. The van der Waals surface area contributed by atoms with Crippen LogP contribution in [0, 0.1) is 18.3 Å². The summed E-state index contributed by atoms with van der Waals surface area (Å²) < 4.78 is 5.55. The molecule has 0 bridgehead atoms. The van der Waals surface area contributed by atoms with Crippen LogP contribution in [0.25, 0.3) is 10.8 Å². The van der Waals surface area contributed by atoms with Gasteiger partial charge in [-0.15, -0.1) is 0 Å². The zero-order chi connectivity index (χ0) is 27.4. The van der Waals surface area contributed by atoms with Gasteiger partial charge in [-0.3, -0.25) is 0 Å². The Balaban J connectivity index is 0.00000107. The molecule has 1 saturated heterocycles. The Morgan fingerprint density at radius 2 is 1.68 bits per heavy atom. The van der Waals surface area contributed by atoms with Gasteiger partial charge in [0, 0.05) is 56.3 Å². The summed E-state index contributed by atoms with van der Waals surface area (Å²) in [7, 11) is 0. The lowest BCUT2D eigenvalue weighted by molar-refractivity contribution is 0.0240. The molecule has 2 aliphatic heterocycles. The van der Waals surface area contributed by atoms with Crippen LogP contribution in [0.1, 0.15) is 44.8 Å². The number of amides is 1. The zero-order valence-electron chi connectivity index (χ0n) is 22.8. The second kappa shape index (κ2) is 11.4. The quantitative estimate of drug-likeness (QED) is 0.414. The summed E-state index contributed by atoms with van der Waals surface area (Å²) in [5, 5.41) is 10.3. The second-order valence-corrected chi connectivity index (χ2v) is 10.9. The molecule has 38 heavy (non-hydrogen) atoms. The van der Waals surface area contributed by atoms with Crippen LogP contribution >= 0.6 is 11.6 Å². The van der Waals surface area contributed by atoms with Crippen molar-refractivity contribution in [2.75, 3.05) is 42.5 Å². The number of aromatic nitrogens is 2. The minimum absolute atomic E-state index is 0.248. The molecule has 200 valence electrons. The van der Waals surface area contributed by atoms with Crippen molar-refractivity contribution in [3.63, 3.8) is 0 Å². The Bertz CT molecular complexity index is 1350. The van der Waals surface area contributed by atoms with Crippen LogP contribution in [-0.2, 0) is 17.7 Å². The van der Waals surface area contributed by atoms with Crippen molar-refractivity contribution >= 4 is 40.0 Å². The molecule has 0 atom stereocenters. The van der Waals surface area contributed by atoms with E-state index in [1.165, 1.54) is 12.5 Å². The van der Waals surface area contributed by atoms with Crippen LogP contribution in [0.4, 0.5) is 16.3 Å². The van der Waals surface area contributed by atoms with Gasteiger partial charge in [-0.25, -0.2) is 14.8 Å². The van der Waals surface area contributed by atoms with Gasteiger partial charge in [-0.1, -0.05) is 35.9 Å². The molecule has 0 N–H and O–H groups in total. The first-order valence-electron chi connectivity index (χ1n) is 12.9. The maximum absolute atomic E-state index is 12.5. The summed E-state index contributed by atoms with van der Waals surface area (Å²) in [5.41, 5.74) is 2.93. The molecule has 1 fully saturated rings. The highest BCUT2D eigenvalue weighted by atomic mass is 35.5. The summed E-state index contributed by atoms with van der Waals surface area (Å²) in [6.45, 7) is 13.3. The number of nitriles is 1. The maximum Gasteiger partial charge on any atom is 0.410 e. The van der Waals surface area contributed by atoms with Gasteiger partial charge in [0.05, 0.1) is 23.3 Å². The fraction of sp³-hybridized carbons (Fsp3) is 0.448. The van der Waals surface area contributed by atoms with E-state index >= 15 is 0 Å². The van der Waals surface area contributed by atoms with E-state index in [0.717, 1.165) is 64.9 Å².